The second-order valence-electron chi connectivity index (χ2n) is 6.42. The molecule has 0 bridgehead atoms. The number of hydrogen-bond donors (Lipinski definition) is 2. The molecule has 4 rings (SSSR count). The highest BCUT2D eigenvalue weighted by Gasteiger charge is 2.10. The molecule has 0 aliphatic rings. The Labute approximate surface area is 175 Å². The number of carbonyl (C=O) groups excluding carboxylic acids is 1. The zero-order valence-corrected chi connectivity index (χ0v) is 17.1. The third kappa shape index (κ3) is 4.16. The molecule has 2 heterocycles. The fourth-order valence-electron chi connectivity index (χ4n) is 2.91. The number of nitrogens with one attached hydrogen (secondary N) is 2. The maximum Gasteiger partial charge on any atom is 0.293 e. The van der Waals surface area contributed by atoms with E-state index in [0.29, 0.717) is 33.9 Å². The van der Waals surface area contributed by atoms with E-state index in [-0.39, 0.29) is 17.3 Å². The molecule has 0 unspecified atom stereocenters. The molecule has 6 nitrogen and oxygen atoms in total. The second-order valence-corrected chi connectivity index (χ2v) is 7.89. The van der Waals surface area contributed by atoms with Crippen LogP contribution in [0, 0.1) is 0 Å². The van der Waals surface area contributed by atoms with Crippen molar-refractivity contribution in [3.63, 3.8) is 0 Å². The highest BCUT2D eigenvalue weighted by atomic mass is 35.5. The van der Waals surface area contributed by atoms with E-state index < -0.39 is 0 Å². The topological polar surface area (TPSA) is 76.0 Å². The van der Waals surface area contributed by atoms with Crippen molar-refractivity contribution in [2.45, 2.75) is 6.54 Å². The smallest absolute Gasteiger partial charge is 0.293 e. The number of aromatic nitrogens is 2. The number of benzene rings is 2. The van der Waals surface area contributed by atoms with E-state index in [1.165, 1.54) is 4.57 Å². The molecule has 8 heteroatoms. The molecule has 0 saturated carbocycles. The van der Waals surface area contributed by atoms with Crippen LogP contribution in [0.25, 0.3) is 11.0 Å². The van der Waals surface area contributed by atoms with Crippen LogP contribution in [0.1, 0.15) is 15.2 Å². The first kappa shape index (κ1) is 19.2. The van der Waals surface area contributed by atoms with Gasteiger partial charge in [-0.05, 0) is 53.9 Å². The molecule has 146 valence electrons. The summed E-state index contributed by atoms with van der Waals surface area (Å²) in [6.45, 7) is 0.496. The minimum atomic E-state index is -0.252. The molecule has 4 aromatic rings. The van der Waals surface area contributed by atoms with E-state index in [9.17, 15) is 9.59 Å². The van der Waals surface area contributed by atoms with Crippen molar-refractivity contribution in [1.82, 2.24) is 14.9 Å². The molecule has 2 aromatic carbocycles. The number of thiophene rings is 1. The van der Waals surface area contributed by atoms with Crippen molar-refractivity contribution in [3.05, 3.63) is 85.8 Å². The molecule has 2 N–H and O–H groups in total. The Kier molecular flexibility index (Phi) is 5.33. The van der Waals surface area contributed by atoms with Crippen LogP contribution in [-0.4, -0.2) is 15.5 Å². The van der Waals surface area contributed by atoms with Gasteiger partial charge in [0.25, 0.3) is 11.5 Å². The van der Waals surface area contributed by atoms with Crippen LogP contribution < -0.4 is 16.2 Å². The lowest BCUT2D eigenvalue weighted by Crippen LogP contribution is -2.22. The summed E-state index contributed by atoms with van der Waals surface area (Å²) in [7, 11) is 1.69. The molecule has 0 spiro atoms. The first-order valence-corrected chi connectivity index (χ1v) is 10.1. The molecule has 2 aromatic heterocycles. The van der Waals surface area contributed by atoms with Gasteiger partial charge in [0.1, 0.15) is 0 Å². The molecular weight excluding hydrogens is 408 g/mol. The van der Waals surface area contributed by atoms with Crippen LogP contribution in [0.4, 0.5) is 11.5 Å². The zero-order chi connectivity index (χ0) is 20.4. The lowest BCUT2D eigenvalue weighted by atomic mass is 10.2. The van der Waals surface area contributed by atoms with Crippen LogP contribution in [0.3, 0.4) is 0 Å². The maximum atomic E-state index is 12.6. The van der Waals surface area contributed by atoms with Gasteiger partial charge in [0.2, 0.25) is 0 Å². The van der Waals surface area contributed by atoms with Crippen molar-refractivity contribution in [1.29, 1.82) is 0 Å². The summed E-state index contributed by atoms with van der Waals surface area (Å²) >= 11 is 7.64. The van der Waals surface area contributed by atoms with Crippen molar-refractivity contribution in [2.75, 3.05) is 5.32 Å². The monoisotopic (exact) mass is 424 g/mol. The van der Waals surface area contributed by atoms with Gasteiger partial charge in [-0.15, -0.1) is 11.3 Å². The predicted octanol–water partition coefficient (Wildman–Crippen LogP) is 4.32. The van der Waals surface area contributed by atoms with Crippen molar-refractivity contribution >= 4 is 51.4 Å². The fraction of sp³-hybridized carbons (Fsp3) is 0.0952. The van der Waals surface area contributed by atoms with E-state index in [1.54, 1.807) is 60.8 Å². The quantitative estimate of drug-likeness (QED) is 0.500. The van der Waals surface area contributed by atoms with Crippen molar-refractivity contribution in [2.24, 2.45) is 7.05 Å². The summed E-state index contributed by atoms with van der Waals surface area (Å²) in [6.07, 6.45) is 0. The van der Waals surface area contributed by atoms with Crippen molar-refractivity contribution in [3.8, 4) is 0 Å². The average molecular weight is 425 g/mol. The third-order valence-corrected chi connectivity index (χ3v) is 5.56. The Balaban J connectivity index is 1.52. The van der Waals surface area contributed by atoms with Crippen LogP contribution >= 0.6 is 22.9 Å². The third-order valence-electron chi connectivity index (χ3n) is 4.45. The van der Waals surface area contributed by atoms with E-state index in [1.807, 2.05) is 17.5 Å². The summed E-state index contributed by atoms with van der Waals surface area (Å²) in [6, 6.07) is 16.0. The van der Waals surface area contributed by atoms with Gasteiger partial charge in [-0.3, -0.25) is 9.59 Å². The maximum absolute atomic E-state index is 12.6. The largest absolute Gasteiger partial charge is 0.347 e. The molecule has 0 radical (unpaired) electrons. The number of halogens is 1. The molecular formula is C21H17ClN4O2S. The predicted molar refractivity (Wildman–Crippen MR) is 117 cm³/mol. The van der Waals surface area contributed by atoms with Gasteiger partial charge in [0.05, 0.1) is 17.6 Å². The molecule has 29 heavy (non-hydrogen) atoms. The van der Waals surface area contributed by atoms with Crippen LogP contribution in [-0.2, 0) is 13.6 Å². The van der Waals surface area contributed by atoms with Gasteiger partial charge in [-0.2, -0.15) is 0 Å². The number of rotatable bonds is 5. The number of carbonyl (C=O) groups is 1. The fourth-order valence-corrected chi connectivity index (χ4v) is 3.72. The molecule has 0 fully saturated rings. The second kappa shape index (κ2) is 8.06. The van der Waals surface area contributed by atoms with Gasteiger partial charge in [-0.1, -0.05) is 17.7 Å². The summed E-state index contributed by atoms with van der Waals surface area (Å²) in [5.41, 5.74) is 2.26. The number of aryl methyl sites for hydroxylation is 1. The summed E-state index contributed by atoms with van der Waals surface area (Å²) < 4.78 is 1.52. The Morgan fingerprint density at radius 2 is 1.97 bits per heavy atom. The number of amides is 1. The Hall–Kier alpha value is -3.16. The van der Waals surface area contributed by atoms with Gasteiger partial charge in [0, 0.05) is 28.2 Å². The van der Waals surface area contributed by atoms with E-state index in [4.69, 9.17) is 11.6 Å². The number of nitrogens with zero attached hydrogens (tertiary/aromatic N) is 2. The zero-order valence-electron chi connectivity index (χ0n) is 15.5. The van der Waals surface area contributed by atoms with Gasteiger partial charge in [-0.25, -0.2) is 4.98 Å². The Morgan fingerprint density at radius 3 is 2.69 bits per heavy atom. The summed E-state index contributed by atoms with van der Waals surface area (Å²) in [5, 5.41) is 8.43. The lowest BCUT2D eigenvalue weighted by molar-refractivity contribution is 0.0951. The Bertz CT molecular complexity index is 1230. The van der Waals surface area contributed by atoms with E-state index in [0.717, 1.165) is 4.88 Å². The first-order valence-electron chi connectivity index (χ1n) is 8.85. The molecule has 0 aliphatic carbocycles. The normalized spacial score (nSPS) is 10.8. The Morgan fingerprint density at radius 1 is 1.17 bits per heavy atom. The standard InChI is InChI=1S/C21H17ClN4O2S/c1-26-18-9-6-14(22)11-17(18)25-19(21(26)28)24-15-7-4-13(5-8-15)20(27)23-12-16-3-2-10-29-16/h2-11H,12H2,1H3,(H,23,27)(H,24,25). The highest BCUT2D eigenvalue weighted by molar-refractivity contribution is 7.09. The van der Waals surface area contributed by atoms with E-state index in [2.05, 4.69) is 15.6 Å². The minimum Gasteiger partial charge on any atom is -0.347 e. The van der Waals surface area contributed by atoms with Crippen LogP contribution in [0.5, 0.6) is 0 Å². The summed E-state index contributed by atoms with van der Waals surface area (Å²) in [4.78, 5) is 30.4. The molecule has 0 atom stereocenters. The summed E-state index contributed by atoms with van der Waals surface area (Å²) in [5.74, 6) is 0.0384. The molecule has 0 saturated heterocycles. The first-order chi connectivity index (χ1) is 14.0. The van der Waals surface area contributed by atoms with Crippen LogP contribution in [0.2, 0.25) is 5.02 Å². The highest BCUT2D eigenvalue weighted by Crippen LogP contribution is 2.19. The van der Waals surface area contributed by atoms with Crippen LogP contribution in [0.15, 0.2) is 64.8 Å². The van der Waals surface area contributed by atoms with Crippen molar-refractivity contribution < 1.29 is 4.79 Å². The van der Waals surface area contributed by atoms with Gasteiger partial charge < -0.3 is 15.2 Å². The lowest BCUT2D eigenvalue weighted by Gasteiger charge is -2.10. The van der Waals surface area contributed by atoms with Gasteiger partial charge >= 0.3 is 0 Å². The van der Waals surface area contributed by atoms with Gasteiger partial charge in [0.15, 0.2) is 5.82 Å². The average Bonchev–Trinajstić information content (AvgIpc) is 3.24. The number of fused-ring (bicyclic) bond motifs is 1. The molecule has 0 aliphatic heterocycles. The minimum absolute atomic E-state index is 0.153. The number of anilines is 2. The molecule has 1 amide bonds. The van der Waals surface area contributed by atoms with E-state index >= 15 is 0 Å². The number of hydrogen-bond acceptors (Lipinski definition) is 5. The SMILES string of the molecule is Cn1c(=O)c(Nc2ccc(C(=O)NCc3cccs3)cc2)nc2cc(Cl)ccc21.